The second-order valence-corrected chi connectivity index (χ2v) is 4.12. The molecule has 0 saturated carbocycles. The summed E-state index contributed by atoms with van der Waals surface area (Å²) < 4.78 is 0. The Hall–Kier alpha value is -0.610. The van der Waals surface area contributed by atoms with Gasteiger partial charge in [-0.05, 0) is 20.4 Å². The number of hydrogen-bond donors (Lipinski definition) is 2. The number of carbonyl (C=O) groups is 1. The summed E-state index contributed by atoms with van der Waals surface area (Å²) in [6, 6.07) is -0.169. The van der Waals surface area contributed by atoms with Crippen LogP contribution in [0.3, 0.4) is 0 Å². The zero-order chi connectivity index (χ0) is 12.4. The molecule has 0 rings (SSSR count). The SMILES string of the molecule is CCCCCCN(CCO)C(=O)C(C)NC. The molecule has 96 valence electrons. The van der Waals surface area contributed by atoms with Gasteiger partial charge in [-0.15, -0.1) is 0 Å². The Balaban J connectivity index is 4.00. The van der Waals surface area contributed by atoms with Crippen LogP contribution in [0, 0.1) is 0 Å². The van der Waals surface area contributed by atoms with Gasteiger partial charge in [0, 0.05) is 13.1 Å². The molecule has 4 heteroatoms. The summed E-state index contributed by atoms with van der Waals surface area (Å²) in [5.41, 5.74) is 0. The van der Waals surface area contributed by atoms with Crippen molar-refractivity contribution in [2.75, 3.05) is 26.7 Å². The minimum absolute atomic E-state index is 0.0377. The molecule has 0 aliphatic carbocycles. The van der Waals surface area contributed by atoms with Gasteiger partial charge in [-0.1, -0.05) is 26.2 Å². The lowest BCUT2D eigenvalue weighted by molar-refractivity contribution is -0.133. The van der Waals surface area contributed by atoms with Crippen molar-refractivity contribution in [1.82, 2.24) is 10.2 Å². The molecule has 0 bridgehead atoms. The van der Waals surface area contributed by atoms with Crippen LogP contribution in [0.5, 0.6) is 0 Å². The lowest BCUT2D eigenvalue weighted by Gasteiger charge is -2.24. The van der Waals surface area contributed by atoms with Crippen molar-refractivity contribution in [3.8, 4) is 0 Å². The Labute approximate surface area is 99.0 Å². The molecule has 0 heterocycles. The quantitative estimate of drug-likeness (QED) is 0.581. The number of likely N-dealkylation sites (N-methyl/N-ethyl adjacent to an activating group) is 1. The Morgan fingerprint density at radius 1 is 1.31 bits per heavy atom. The monoisotopic (exact) mass is 230 g/mol. The fourth-order valence-electron chi connectivity index (χ4n) is 1.58. The van der Waals surface area contributed by atoms with Gasteiger partial charge in [0.1, 0.15) is 0 Å². The fraction of sp³-hybridized carbons (Fsp3) is 0.917. The van der Waals surface area contributed by atoms with Gasteiger partial charge >= 0.3 is 0 Å². The van der Waals surface area contributed by atoms with Crippen molar-refractivity contribution in [3.05, 3.63) is 0 Å². The van der Waals surface area contributed by atoms with E-state index in [0.29, 0.717) is 6.54 Å². The van der Waals surface area contributed by atoms with Crippen LogP contribution in [0.2, 0.25) is 0 Å². The molecule has 0 saturated heterocycles. The number of aliphatic hydroxyl groups is 1. The zero-order valence-electron chi connectivity index (χ0n) is 10.8. The van der Waals surface area contributed by atoms with Crippen LogP contribution in [0.4, 0.5) is 0 Å². The second kappa shape index (κ2) is 9.60. The topological polar surface area (TPSA) is 52.6 Å². The fourth-order valence-corrected chi connectivity index (χ4v) is 1.58. The Morgan fingerprint density at radius 3 is 2.50 bits per heavy atom. The van der Waals surface area contributed by atoms with Crippen molar-refractivity contribution >= 4 is 5.91 Å². The maximum Gasteiger partial charge on any atom is 0.239 e. The summed E-state index contributed by atoms with van der Waals surface area (Å²) in [4.78, 5) is 13.6. The third kappa shape index (κ3) is 6.08. The molecule has 2 N–H and O–H groups in total. The van der Waals surface area contributed by atoms with Crippen LogP contribution in [0.25, 0.3) is 0 Å². The maximum atomic E-state index is 11.9. The van der Waals surface area contributed by atoms with Gasteiger partial charge in [-0.3, -0.25) is 4.79 Å². The van der Waals surface area contributed by atoms with Crippen LogP contribution in [0.15, 0.2) is 0 Å². The van der Waals surface area contributed by atoms with E-state index in [9.17, 15) is 4.79 Å². The number of amides is 1. The van der Waals surface area contributed by atoms with Crippen molar-refractivity contribution in [2.24, 2.45) is 0 Å². The van der Waals surface area contributed by atoms with Crippen molar-refractivity contribution in [2.45, 2.75) is 45.6 Å². The summed E-state index contributed by atoms with van der Waals surface area (Å²) >= 11 is 0. The molecule has 16 heavy (non-hydrogen) atoms. The van der Waals surface area contributed by atoms with E-state index in [0.717, 1.165) is 19.4 Å². The molecule has 0 aliphatic rings. The first-order valence-corrected chi connectivity index (χ1v) is 6.24. The lowest BCUT2D eigenvalue weighted by Crippen LogP contribution is -2.45. The summed E-state index contributed by atoms with van der Waals surface area (Å²) in [6.45, 7) is 5.25. The normalized spacial score (nSPS) is 12.5. The third-order valence-electron chi connectivity index (χ3n) is 2.77. The lowest BCUT2D eigenvalue weighted by atomic mass is 10.2. The molecule has 0 aromatic rings. The molecule has 1 amide bonds. The van der Waals surface area contributed by atoms with Crippen molar-refractivity contribution in [3.63, 3.8) is 0 Å². The van der Waals surface area contributed by atoms with Gasteiger partial charge < -0.3 is 15.3 Å². The molecule has 0 aromatic heterocycles. The number of unbranched alkanes of at least 4 members (excludes halogenated alkanes) is 3. The standard InChI is InChI=1S/C12H26N2O2/c1-4-5-6-7-8-14(9-10-15)12(16)11(2)13-3/h11,13,15H,4-10H2,1-3H3. The smallest absolute Gasteiger partial charge is 0.239 e. The number of nitrogens with one attached hydrogen (secondary N) is 1. The van der Waals surface area contributed by atoms with E-state index in [1.165, 1.54) is 12.8 Å². The summed E-state index contributed by atoms with van der Waals surface area (Å²) in [6.07, 6.45) is 4.58. The van der Waals surface area contributed by atoms with Gasteiger partial charge in [0.05, 0.1) is 12.6 Å². The molecular weight excluding hydrogens is 204 g/mol. The van der Waals surface area contributed by atoms with Crippen molar-refractivity contribution in [1.29, 1.82) is 0 Å². The van der Waals surface area contributed by atoms with E-state index >= 15 is 0 Å². The second-order valence-electron chi connectivity index (χ2n) is 4.12. The van der Waals surface area contributed by atoms with Crippen LogP contribution < -0.4 is 5.32 Å². The van der Waals surface area contributed by atoms with Gasteiger partial charge in [0.15, 0.2) is 0 Å². The molecule has 0 spiro atoms. The minimum atomic E-state index is -0.169. The Kier molecular flexibility index (Phi) is 9.24. The molecular formula is C12H26N2O2. The predicted octanol–water partition coefficient (Wildman–Crippen LogP) is 0.995. The third-order valence-corrected chi connectivity index (χ3v) is 2.77. The molecule has 4 nitrogen and oxygen atoms in total. The zero-order valence-corrected chi connectivity index (χ0v) is 10.8. The van der Waals surface area contributed by atoms with Gasteiger partial charge in [-0.25, -0.2) is 0 Å². The average molecular weight is 230 g/mol. The number of hydrogen-bond acceptors (Lipinski definition) is 3. The maximum absolute atomic E-state index is 11.9. The van der Waals surface area contributed by atoms with Gasteiger partial charge in [-0.2, -0.15) is 0 Å². The highest BCUT2D eigenvalue weighted by Crippen LogP contribution is 2.03. The van der Waals surface area contributed by atoms with E-state index in [4.69, 9.17) is 5.11 Å². The number of rotatable bonds is 9. The summed E-state index contributed by atoms with van der Waals surface area (Å²) in [7, 11) is 1.77. The number of aliphatic hydroxyl groups excluding tert-OH is 1. The van der Waals surface area contributed by atoms with E-state index in [2.05, 4.69) is 12.2 Å². The van der Waals surface area contributed by atoms with Crippen LogP contribution in [0.1, 0.15) is 39.5 Å². The van der Waals surface area contributed by atoms with Crippen LogP contribution in [-0.2, 0) is 4.79 Å². The highest BCUT2D eigenvalue weighted by Gasteiger charge is 2.17. The first-order chi connectivity index (χ1) is 7.67. The number of carbonyl (C=O) groups excluding carboxylic acids is 1. The first kappa shape index (κ1) is 15.4. The summed E-state index contributed by atoms with van der Waals surface area (Å²) in [5, 5.41) is 11.9. The van der Waals surface area contributed by atoms with Crippen LogP contribution >= 0.6 is 0 Å². The van der Waals surface area contributed by atoms with E-state index < -0.39 is 0 Å². The molecule has 1 unspecified atom stereocenters. The average Bonchev–Trinajstić information content (AvgIpc) is 2.31. The van der Waals surface area contributed by atoms with Gasteiger partial charge in [0.25, 0.3) is 0 Å². The summed E-state index contributed by atoms with van der Waals surface area (Å²) in [5.74, 6) is 0.0769. The van der Waals surface area contributed by atoms with E-state index in [1.54, 1.807) is 11.9 Å². The highest BCUT2D eigenvalue weighted by atomic mass is 16.3. The molecule has 1 atom stereocenters. The Bertz CT molecular complexity index is 186. The molecule has 0 radical (unpaired) electrons. The molecule has 0 fully saturated rings. The highest BCUT2D eigenvalue weighted by molar-refractivity contribution is 5.81. The van der Waals surface area contributed by atoms with E-state index in [-0.39, 0.29) is 18.6 Å². The largest absolute Gasteiger partial charge is 0.395 e. The first-order valence-electron chi connectivity index (χ1n) is 6.24. The number of nitrogens with zero attached hydrogens (tertiary/aromatic N) is 1. The van der Waals surface area contributed by atoms with Crippen LogP contribution in [-0.4, -0.2) is 48.7 Å². The molecule has 0 aliphatic heterocycles. The van der Waals surface area contributed by atoms with Crippen molar-refractivity contribution < 1.29 is 9.90 Å². The predicted molar refractivity (Wildman–Crippen MR) is 66.3 cm³/mol. The molecule has 0 aromatic carbocycles. The Morgan fingerprint density at radius 2 is 2.00 bits per heavy atom. The minimum Gasteiger partial charge on any atom is -0.395 e. The van der Waals surface area contributed by atoms with E-state index in [1.807, 2.05) is 6.92 Å². The van der Waals surface area contributed by atoms with Gasteiger partial charge in [0.2, 0.25) is 5.91 Å².